The van der Waals surface area contributed by atoms with E-state index < -0.39 is 0 Å². The smallest absolute Gasteiger partial charge is 0.315 e. The van der Waals surface area contributed by atoms with Gasteiger partial charge in [0.15, 0.2) is 6.33 Å². The lowest BCUT2D eigenvalue weighted by Crippen LogP contribution is -2.15. The van der Waals surface area contributed by atoms with Crippen LogP contribution in [-0.2, 0) is 13.0 Å². The summed E-state index contributed by atoms with van der Waals surface area (Å²) in [7, 11) is 0. The molecule has 0 aromatic carbocycles. The summed E-state index contributed by atoms with van der Waals surface area (Å²) in [4.78, 5) is 3.91. The van der Waals surface area contributed by atoms with Crippen LogP contribution in [0.25, 0.3) is 0 Å². The maximum atomic E-state index is 5.42. The molecule has 0 spiro atoms. The lowest BCUT2D eigenvalue weighted by molar-refractivity contribution is 0.379. The van der Waals surface area contributed by atoms with Crippen LogP contribution in [0, 0.1) is 0 Å². The van der Waals surface area contributed by atoms with Gasteiger partial charge in [0.1, 0.15) is 0 Å². The van der Waals surface area contributed by atoms with Crippen LogP contribution >= 0.6 is 0 Å². The fraction of sp³-hybridized carbons (Fsp3) is 0.600. The first-order valence-corrected chi connectivity index (χ1v) is 5.95. The summed E-state index contributed by atoms with van der Waals surface area (Å²) in [5.41, 5.74) is 0. The van der Waals surface area contributed by atoms with Gasteiger partial charge < -0.3 is 19.6 Å². The van der Waals surface area contributed by atoms with Gasteiger partial charge in [0.2, 0.25) is 11.8 Å². The van der Waals surface area contributed by atoms with E-state index in [1.54, 1.807) is 0 Å². The Balaban J connectivity index is 1.41. The van der Waals surface area contributed by atoms with Crippen LogP contribution in [0.2, 0.25) is 0 Å². The average Bonchev–Trinajstić information content (AvgIpc) is 2.89. The lowest BCUT2D eigenvalue weighted by Gasteiger charge is -1.98. The number of aromatic nitrogens is 4. The van der Waals surface area contributed by atoms with Crippen LogP contribution in [0.3, 0.4) is 0 Å². The predicted molar refractivity (Wildman–Crippen MR) is 60.7 cm³/mol. The molecule has 8 nitrogen and oxygen atoms in total. The van der Waals surface area contributed by atoms with Gasteiger partial charge in [-0.1, -0.05) is 10.3 Å². The SMILES string of the molecule is c1noc(CCNc2nnc(CNC3CC3)o2)n1. The van der Waals surface area contributed by atoms with Crippen molar-refractivity contribution in [1.82, 2.24) is 25.7 Å². The summed E-state index contributed by atoms with van der Waals surface area (Å²) in [6, 6.07) is 1.05. The van der Waals surface area contributed by atoms with Crippen LogP contribution in [0.5, 0.6) is 0 Å². The number of nitrogens with zero attached hydrogens (tertiary/aromatic N) is 4. The standard InChI is InChI=1S/C10H14N6O2/c1-2-7(1)12-5-9-15-16-10(17-9)11-4-3-8-13-6-14-18-8/h6-7,12H,1-5H2,(H,11,16). The molecule has 0 bridgehead atoms. The zero-order valence-corrected chi connectivity index (χ0v) is 9.80. The van der Waals surface area contributed by atoms with E-state index in [0.29, 0.717) is 43.3 Å². The highest BCUT2D eigenvalue weighted by Crippen LogP contribution is 2.19. The van der Waals surface area contributed by atoms with Crippen LogP contribution in [0.4, 0.5) is 6.01 Å². The molecule has 2 heterocycles. The molecule has 0 unspecified atom stereocenters. The lowest BCUT2D eigenvalue weighted by atomic mass is 10.4. The fourth-order valence-corrected chi connectivity index (χ4v) is 1.50. The zero-order valence-electron chi connectivity index (χ0n) is 9.80. The van der Waals surface area contributed by atoms with Crippen molar-refractivity contribution in [2.45, 2.75) is 31.8 Å². The van der Waals surface area contributed by atoms with Crippen molar-refractivity contribution in [3.05, 3.63) is 18.1 Å². The van der Waals surface area contributed by atoms with Gasteiger partial charge in [-0.05, 0) is 12.8 Å². The normalized spacial score (nSPS) is 14.9. The van der Waals surface area contributed by atoms with Gasteiger partial charge in [-0.2, -0.15) is 4.98 Å². The topological polar surface area (TPSA) is 102 Å². The molecule has 2 aromatic heterocycles. The molecule has 18 heavy (non-hydrogen) atoms. The summed E-state index contributed by atoms with van der Waals surface area (Å²) in [6.07, 6.45) is 4.48. The third kappa shape index (κ3) is 3.04. The first-order chi connectivity index (χ1) is 8.90. The van der Waals surface area contributed by atoms with E-state index in [9.17, 15) is 0 Å². The Bertz CT molecular complexity index is 478. The Labute approximate surface area is 103 Å². The molecule has 2 aromatic rings. The van der Waals surface area contributed by atoms with E-state index in [2.05, 4.69) is 31.0 Å². The number of hydrogen-bond donors (Lipinski definition) is 2. The van der Waals surface area contributed by atoms with Gasteiger partial charge in [-0.3, -0.25) is 0 Å². The van der Waals surface area contributed by atoms with Gasteiger partial charge in [-0.25, -0.2) is 0 Å². The van der Waals surface area contributed by atoms with Crippen LogP contribution in [-0.4, -0.2) is 32.9 Å². The van der Waals surface area contributed by atoms with Crippen LogP contribution < -0.4 is 10.6 Å². The highest BCUT2D eigenvalue weighted by atomic mass is 16.5. The summed E-state index contributed by atoms with van der Waals surface area (Å²) < 4.78 is 10.3. The number of rotatable bonds is 7. The first kappa shape index (κ1) is 11.1. The fourth-order valence-electron chi connectivity index (χ4n) is 1.50. The number of nitrogens with one attached hydrogen (secondary N) is 2. The predicted octanol–water partition coefficient (Wildman–Crippen LogP) is 0.359. The summed E-state index contributed by atoms with van der Waals surface area (Å²) in [5, 5.41) is 17.7. The molecule has 1 saturated carbocycles. The molecule has 0 atom stereocenters. The van der Waals surface area contributed by atoms with Crippen molar-refractivity contribution in [3.8, 4) is 0 Å². The second kappa shape index (κ2) is 5.13. The van der Waals surface area contributed by atoms with E-state index >= 15 is 0 Å². The number of hydrogen-bond acceptors (Lipinski definition) is 8. The Kier molecular flexibility index (Phi) is 3.18. The third-order valence-corrected chi connectivity index (χ3v) is 2.61. The Hall–Kier alpha value is -1.96. The monoisotopic (exact) mass is 250 g/mol. The van der Waals surface area contributed by atoms with Gasteiger partial charge >= 0.3 is 6.01 Å². The van der Waals surface area contributed by atoms with Crippen LogP contribution in [0.1, 0.15) is 24.6 Å². The van der Waals surface area contributed by atoms with Gasteiger partial charge in [0.25, 0.3) is 0 Å². The minimum atomic E-state index is 0.419. The molecular formula is C10H14N6O2. The molecule has 1 aliphatic rings. The van der Waals surface area contributed by atoms with Crippen molar-refractivity contribution < 1.29 is 8.94 Å². The molecule has 1 fully saturated rings. The van der Waals surface area contributed by atoms with E-state index in [0.717, 1.165) is 0 Å². The number of anilines is 1. The molecule has 0 aliphatic heterocycles. The Morgan fingerprint density at radius 1 is 1.28 bits per heavy atom. The second-order valence-corrected chi connectivity index (χ2v) is 4.17. The maximum Gasteiger partial charge on any atom is 0.315 e. The average molecular weight is 250 g/mol. The molecule has 96 valence electrons. The van der Waals surface area contributed by atoms with E-state index in [4.69, 9.17) is 8.94 Å². The van der Waals surface area contributed by atoms with E-state index in [-0.39, 0.29) is 0 Å². The Morgan fingerprint density at radius 2 is 2.22 bits per heavy atom. The molecule has 2 N–H and O–H groups in total. The quantitative estimate of drug-likeness (QED) is 0.726. The van der Waals surface area contributed by atoms with Crippen LogP contribution in [0.15, 0.2) is 15.3 Å². The third-order valence-electron chi connectivity index (χ3n) is 2.61. The first-order valence-electron chi connectivity index (χ1n) is 5.95. The van der Waals surface area contributed by atoms with Crippen molar-refractivity contribution in [1.29, 1.82) is 0 Å². The Morgan fingerprint density at radius 3 is 3.00 bits per heavy atom. The van der Waals surface area contributed by atoms with Gasteiger partial charge in [0, 0.05) is 19.0 Å². The van der Waals surface area contributed by atoms with Crippen molar-refractivity contribution >= 4 is 6.01 Å². The zero-order chi connectivity index (χ0) is 12.2. The van der Waals surface area contributed by atoms with Crippen molar-refractivity contribution in [2.24, 2.45) is 0 Å². The van der Waals surface area contributed by atoms with Crippen molar-refractivity contribution in [2.75, 3.05) is 11.9 Å². The minimum absolute atomic E-state index is 0.419. The highest BCUT2D eigenvalue weighted by Gasteiger charge is 2.21. The summed E-state index contributed by atoms with van der Waals surface area (Å²) in [5.74, 6) is 1.18. The van der Waals surface area contributed by atoms with E-state index in [1.807, 2.05) is 0 Å². The highest BCUT2D eigenvalue weighted by molar-refractivity contribution is 5.16. The van der Waals surface area contributed by atoms with Crippen molar-refractivity contribution in [3.63, 3.8) is 0 Å². The second-order valence-electron chi connectivity index (χ2n) is 4.17. The molecule has 1 aliphatic carbocycles. The summed E-state index contributed by atoms with van der Waals surface area (Å²) >= 11 is 0. The van der Waals surface area contributed by atoms with Gasteiger partial charge in [-0.15, -0.1) is 5.10 Å². The molecule has 8 heteroatoms. The van der Waals surface area contributed by atoms with Gasteiger partial charge in [0.05, 0.1) is 6.54 Å². The largest absolute Gasteiger partial charge is 0.407 e. The molecule has 0 radical (unpaired) electrons. The molecule has 0 saturated heterocycles. The van der Waals surface area contributed by atoms with E-state index in [1.165, 1.54) is 19.2 Å². The molecule has 0 amide bonds. The minimum Gasteiger partial charge on any atom is -0.407 e. The molecule has 3 rings (SSSR count). The molecular weight excluding hydrogens is 236 g/mol. The summed E-state index contributed by atoms with van der Waals surface area (Å²) in [6.45, 7) is 1.24. The maximum absolute atomic E-state index is 5.42.